The van der Waals surface area contributed by atoms with E-state index in [1.165, 1.54) is 6.42 Å². The van der Waals surface area contributed by atoms with E-state index in [0.29, 0.717) is 5.75 Å². The maximum Gasteiger partial charge on any atom is 0.314 e. The van der Waals surface area contributed by atoms with Crippen LogP contribution < -0.4 is 9.47 Å². The smallest absolute Gasteiger partial charge is 0.314 e. The molecule has 130 valence electrons. The predicted octanol–water partition coefficient (Wildman–Crippen LogP) is 5.27. The summed E-state index contributed by atoms with van der Waals surface area (Å²) in [5.74, 6) is 2.12. The van der Waals surface area contributed by atoms with E-state index < -0.39 is 0 Å². The fraction of sp³-hybridized carbons (Fsp3) is 0.450. The number of ether oxygens (including phenoxy) is 2. The number of benzene rings is 2. The van der Waals surface area contributed by atoms with Crippen molar-refractivity contribution >= 4 is 29.4 Å². The normalized spacial score (nSPS) is 12.1. The molecule has 0 bridgehead atoms. The second-order valence-corrected chi connectivity index (χ2v) is 6.57. The van der Waals surface area contributed by atoms with Crippen LogP contribution in [0.2, 0.25) is 0 Å². The molecule has 1 atom stereocenters. The van der Waals surface area contributed by atoms with Crippen molar-refractivity contribution < 1.29 is 14.3 Å². The lowest BCUT2D eigenvalue weighted by molar-refractivity contribution is -0.138. The van der Waals surface area contributed by atoms with E-state index in [-0.39, 0.29) is 11.9 Å². The van der Waals surface area contributed by atoms with Gasteiger partial charge < -0.3 is 9.47 Å². The Morgan fingerprint density at radius 2 is 1.62 bits per heavy atom. The second-order valence-electron chi connectivity index (χ2n) is 6.12. The summed E-state index contributed by atoms with van der Waals surface area (Å²) < 4.78 is 10.8. The predicted molar refractivity (Wildman–Crippen MR) is 102 cm³/mol. The Bertz CT molecular complexity index is 669. The highest BCUT2D eigenvalue weighted by Crippen LogP contribution is 2.25. The van der Waals surface area contributed by atoms with Crippen LogP contribution in [-0.2, 0) is 4.79 Å². The van der Waals surface area contributed by atoms with Gasteiger partial charge in [0.2, 0.25) is 0 Å². The summed E-state index contributed by atoms with van der Waals surface area (Å²) in [6.45, 7) is 1.94. The number of carbonyl (C=O) groups excluding carboxylic acids is 1. The summed E-state index contributed by atoms with van der Waals surface area (Å²) in [6.07, 6.45) is 5.40. The van der Waals surface area contributed by atoms with Crippen LogP contribution in [0.15, 0.2) is 36.4 Å². The van der Waals surface area contributed by atoms with E-state index in [9.17, 15) is 4.79 Å². The van der Waals surface area contributed by atoms with Gasteiger partial charge in [0, 0.05) is 0 Å². The number of carbonyl (C=O) groups is 1. The van der Waals surface area contributed by atoms with Crippen molar-refractivity contribution in [3.63, 3.8) is 0 Å². The monoisotopic (exact) mass is 346 g/mol. The number of hydrogen-bond donors (Lipinski definition) is 1. The number of methoxy groups -OCH3 is 1. The van der Waals surface area contributed by atoms with Gasteiger partial charge in [0.1, 0.15) is 11.5 Å². The van der Waals surface area contributed by atoms with Crippen molar-refractivity contribution in [1.29, 1.82) is 0 Å². The van der Waals surface area contributed by atoms with E-state index in [0.717, 1.165) is 48.0 Å². The highest BCUT2D eigenvalue weighted by molar-refractivity contribution is 7.80. The van der Waals surface area contributed by atoms with Gasteiger partial charge in [-0.3, -0.25) is 4.79 Å². The van der Waals surface area contributed by atoms with E-state index in [1.54, 1.807) is 7.11 Å². The average Bonchev–Trinajstić information content (AvgIpc) is 2.60. The molecule has 0 aromatic heterocycles. The highest BCUT2D eigenvalue weighted by Gasteiger charge is 2.15. The van der Waals surface area contributed by atoms with Crippen LogP contribution >= 0.6 is 12.6 Å². The summed E-state index contributed by atoms with van der Waals surface area (Å²) >= 11 is 4.21. The lowest BCUT2D eigenvalue weighted by atomic mass is 10.0. The van der Waals surface area contributed by atoms with Crippen LogP contribution in [0.25, 0.3) is 10.8 Å². The first kappa shape index (κ1) is 18.7. The van der Waals surface area contributed by atoms with Gasteiger partial charge in [0.05, 0.1) is 13.0 Å². The number of hydrogen-bond acceptors (Lipinski definition) is 4. The van der Waals surface area contributed by atoms with Gasteiger partial charge >= 0.3 is 5.97 Å². The zero-order chi connectivity index (χ0) is 17.4. The molecule has 0 fully saturated rings. The summed E-state index contributed by atoms with van der Waals surface area (Å²) in [5.41, 5.74) is 0. The number of esters is 1. The molecule has 0 aliphatic heterocycles. The van der Waals surface area contributed by atoms with Crippen LogP contribution in [0.1, 0.15) is 39.0 Å². The van der Waals surface area contributed by atoms with Gasteiger partial charge in [-0.1, -0.05) is 38.3 Å². The first-order chi connectivity index (χ1) is 11.6. The van der Waals surface area contributed by atoms with Gasteiger partial charge in [0.15, 0.2) is 0 Å². The Hall–Kier alpha value is -1.68. The van der Waals surface area contributed by atoms with Crippen molar-refractivity contribution in [3.8, 4) is 11.5 Å². The van der Waals surface area contributed by atoms with Crippen molar-refractivity contribution in [2.24, 2.45) is 5.92 Å². The SMILES string of the molecule is COc1ccc2cc(OC(=O)[C@@H](C)CCCCCCS)ccc2c1. The number of thiol groups is 1. The Morgan fingerprint density at radius 3 is 2.29 bits per heavy atom. The Morgan fingerprint density at radius 1 is 1.00 bits per heavy atom. The van der Waals surface area contributed by atoms with Crippen LogP contribution in [0.5, 0.6) is 11.5 Å². The zero-order valence-electron chi connectivity index (χ0n) is 14.5. The molecule has 0 heterocycles. The molecule has 2 aromatic carbocycles. The molecule has 0 aliphatic rings. The van der Waals surface area contributed by atoms with E-state index >= 15 is 0 Å². The molecule has 4 heteroatoms. The van der Waals surface area contributed by atoms with Gasteiger partial charge in [0.25, 0.3) is 0 Å². The van der Waals surface area contributed by atoms with E-state index in [1.807, 2.05) is 43.3 Å². The van der Waals surface area contributed by atoms with E-state index in [4.69, 9.17) is 9.47 Å². The first-order valence-electron chi connectivity index (χ1n) is 8.54. The van der Waals surface area contributed by atoms with Gasteiger partial charge in [-0.05, 0) is 53.6 Å². The average molecular weight is 346 g/mol. The molecular weight excluding hydrogens is 320 g/mol. The standard InChI is InChI=1S/C20H26O3S/c1-15(7-5-3-4-6-12-24)20(21)23-19-11-9-16-13-18(22-2)10-8-17(16)14-19/h8-11,13-15,24H,3-7,12H2,1-2H3/t15-/m0/s1. The molecule has 0 spiro atoms. The highest BCUT2D eigenvalue weighted by atomic mass is 32.1. The molecule has 24 heavy (non-hydrogen) atoms. The van der Waals surface area contributed by atoms with Gasteiger partial charge in [-0.25, -0.2) is 0 Å². The molecule has 0 N–H and O–H groups in total. The molecule has 2 rings (SSSR count). The Labute approximate surface area is 149 Å². The van der Waals surface area contributed by atoms with Gasteiger partial charge in [-0.15, -0.1) is 0 Å². The minimum Gasteiger partial charge on any atom is -0.497 e. The number of fused-ring (bicyclic) bond motifs is 1. The molecule has 0 amide bonds. The fourth-order valence-electron chi connectivity index (χ4n) is 2.64. The molecule has 3 nitrogen and oxygen atoms in total. The van der Waals surface area contributed by atoms with Crippen LogP contribution in [-0.4, -0.2) is 18.8 Å². The van der Waals surface area contributed by atoms with Crippen molar-refractivity contribution in [3.05, 3.63) is 36.4 Å². The third-order valence-electron chi connectivity index (χ3n) is 4.18. The van der Waals surface area contributed by atoms with Crippen molar-refractivity contribution in [2.45, 2.75) is 39.0 Å². The summed E-state index contributed by atoms with van der Waals surface area (Å²) in [4.78, 5) is 12.2. The lowest BCUT2D eigenvalue weighted by Gasteiger charge is -2.12. The molecular formula is C20H26O3S. The van der Waals surface area contributed by atoms with Crippen LogP contribution in [0, 0.1) is 5.92 Å². The summed E-state index contributed by atoms with van der Waals surface area (Å²) in [6, 6.07) is 11.5. The van der Waals surface area contributed by atoms with Crippen LogP contribution in [0.3, 0.4) is 0 Å². The largest absolute Gasteiger partial charge is 0.497 e. The van der Waals surface area contributed by atoms with Gasteiger partial charge in [-0.2, -0.15) is 12.6 Å². The maximum absolute atomic E-state index is 12.2. The third kappa shape index (κ3) is 5.45. The second kappa shape index (κ2) is 9.58. The van der Waals surface area contributed by atoms with Crippen molar-refractivity contribution in [1.82, 2.24) is 0 Å². The molecule has 0 saturated heterocycles. The zero-order valence-corrected chi connectivity index (χ0v) is 15.4. The molecule has 0 radical (unpaired) electrons. The van der Waals surface area contributed by atoms with E-state index in [2.05, 4.69) is 12.6 Å². The van der Waals surface area contributed by atoms with Crippen LogP contribution in [0.4, 0.5) is 0 Å². The summed E-state index contributed by atoms with van der Waals surface area (Å²) in [5, 5.41) is 2.09. The number of rotatable bonds is 9. The molecule has 0 aliphatic carbocycles. The Kier molecular flexibility index (Phi) is 7.44. The van der Waals surface area contributed by atoms with Crippen molar-refractivity contribution in [2.75, 3.05) is 12.9 Å². The summed E-state index contributed by atoms with van der Waals surface area (Å²) in [7, 11) is 1.65. The minimum atomic E-state index is -0.156. The minimum absolute atomic E-state index is 0.0763. The first-order valence-corrected chi connectivity index (χ1v) is 9.17. The number of unbranched alkanes of at least 4 members (excludes halogenated alkanes) is 3. The Balaban J connectivity index is 1.90. The topological polar surface area (TPSA) is 35.5 Å². The third-order valence-corrected chi connectivity index (χ3v) is 4.50. The molecule has 0 unspecified atom stereocenters. The molecule has 2 aromatic rings. The lowest BCUT2D eigenvalue weighted by Crippen LogP contribution is -2.17. The maximum atomic E-state index is 12.2. The quantitative estimate of drug-likeness (QED) is 0.291. The fourth-order valence-corrected chi connectivity index (χ4v) is 2.87. The molecule has 0 saturated carbocycles.